The lowest BCUT2D eigenvalue weighted by atomic mass is 10.1. The quantitative estimate of drug-likeness (QED) is 0.613. The summed E-state index contributed by atoms with van der Waals surface area (Å²) >= 11 is 4.70. The SMILES string of the molecule is Cc1ccc(-n2nnnc2SC(C)C(=O)Nc2ccc(Br)cc2)c(C)c1. The van der Waals surface area contributed by atoms with Crippen LogP contribution in [-0.2, 0) is 4.79 Å². The number of carbonyl (C=O) groups is 1. The fourth-order valence-electron chi connectivity index (χ4n) is 2.44. The number of rotatable bonds is 5. The summed E-state index contributed by atoms with van der Waals surface area (Å²) in [6.07, 6.45) is 0. The molecule has 1 atom stereocenters. The molecule has 0 bridgehead atoms. The number of halogens is 1. The van der Waals surface area contributed by atoms with Gasteiger partial charge in [-0.3, -0.25) is 4.79 Å². The molecule has 0 saturated heterocycles. The maximum atomic E-state index is 12.5. The number of aryl methyl sites for hydroxylation is 2. The third-order valence-corrected chi connectivity index (χ3v) is 5.35. The lowest BCUT2D eigenvalue weighted by Gasteiger charge is -2.13. The van der Waals surface area contributed by atoms with E-state index >= 15 is 0 Å². The van der Waals surface area contributed by atoms with Crippen LogP contribution in [0.15, 0.2) is 52.1 Å². The first-order valence-corrected chi connectivity index (χ1v) is 9.70. The van der Waals surface area contributed by atoms with Gasteiger partial charge in [-0.05, 0) is 67.1 Å². The van der Waals surface area contributed by atoms with Crippen LogP contribution in [0.4, 0.5) is 5.69 Å². The normalized spacial score (nSPS) is 12.0. The second-order valence-electron chi connectivity index (χ2n) is 5.92. The van der Waals surface area contributed by atoms with Gasteiger partial charge in [0.15, 0.2) is 0 Å². The molecule has 0 aliphatic heterocycles. The largest absolute Gasteiger partial charge is 0.325 e. The van der Waals surface area contributed by atoms with E-state index in [1.165, 1.54) is 17.3 Å². The average molecular weight is 432 g/mol. The van der Waals surface area contributed by atoms with Gasteiger partial charge in [0.05, 0.1) is 10.9 Å². The molecule has 0 spiro atoms. The van der Waals surface area contributed by atoms with Gasteiger partial charge in [0, 0.05) is 10.2 Å². The Labute approximate surface area is 164 Å². The Hall–Kier alpha value is -2.19. The Morgan fingerprint density at radius 3 is 2.62 bits per heavy atom. The molecule has 1 N–H and O–H groups in total. The maximum Gasteiger partial charge on any atom is 0.237 e. The minimum Gasteiger partial charge on any atom is -0.325 e. The van der Waals surface area contributed by atoms with Crippen molar-refractivity contribution < 1.29 is 4.79 Å². The number of nitrogens with zero attached hydrogens (tertiary/aromatic N) is 4. The number of hydrogen-bond acceptors (Lipinski definition) is 5. The number of thioether (sulfide) groups is 1. The molecule has 0 radical (unpaired) electrons. The first-order chi connectivity index (χ1) is 12.4. The van der Waals surface area contributed by atoms with E-state index in [0.29, 0.717) is 5.16 Å². The van der Waals surface area contributed by atoms with Crippen molar-refractivity contribution in [1.82, 2.24) is 20.2 Å². The molecule has 3 rings (SSSR count). The first kappa shape index (κ1) is 18.6. The van der Waals surface area contributed by atoms with Crippen molar-refractivity contribution in [2.24, 2.45) is 0 Å². The Morgan fingerprint density at radius 1 is 1.19 bits per heavy atom. The maximum absolute atomic E-state index is 12.5. The van der Waals surface area contributed by atoms with Gasteiger partial charge in [0.25, 0.3) is 0 Å². The molecule has 3 aromatic rings. The van der Waals surface area contributed by atoms with Crippen molar-refractivity contribution in [2.45, 2.75) is 31.2 Å². The van der Waals surface area contributed by atoms with Gasteiger partial charge in [0.2, 0.25) is 11.1 Å². The molecule has 2 aromatic carbocycles. The van der Waals surface area contributed by atoms with Crippen molar-refractivity contribution in [1.29, 1.82) is 0 Å². The van der Waals surface area contributed by atoms with Crippen molar-refractivity contribution in [3.05, 3.63) is 58.1 Å². The lowest BCUT2D eigenvalue weighted by molar-refractivity contribution is -0.115. The molecular formula is C18H18BrN5OS. The molecule has 0 aliphatic rings. The lowest BCUT2D eigenvalue weighted by Crippen LogP contribution is -2.22. The van der Waals surface area contributed by atoms with Crippen molar-refractivity contribution in [3.63, 3.8) is 0 Å². The van der Waals surface area contributed by atoms with Crippen LogP contribution in [0.3, 0.4) is 0 Å². The van der Waals surface area contributed by atoms with Crippen LogP contribution < -0.4 is 5.32 Å². The number of benzene rings is 2. The fraction of sp³-hybridized carbons (Fsp3) is 0.222. The van der Waals surface area contributed by atoms with Gasteiger partial charge >= 0.3 is 0 Å². The molecule has 0 aliphatic carbocycles. The second kappa shape index (κ2) is 8.01. The predicted octanol–water partition coefficient (Wildman–Crippen LogP) is 4.16. The Kier molecular flexibility index (Phi) is 5.73. The first-order valence-electron chi connectivity index (χ1n) is 8.03. The van der Waals surface area contributed by atoms with Crippen LogP contribution in [0.2, 0.25) is 0 Å². The van der Waals surface area contributed by atoms with Crippen LogP contribution in [0.5, 0.6) is 0 Å². The molecule has 1 heterocycles. The highest BCUT2D eigenvalue weighted by atomic mass is 79.9. The van der Waals surface area contributed by atoms with Crippen molar-refractivity contribution in [2.75, 3.05) is 5.32 Å². The van der Waals surface area contributed by atoms with Crippen molar-refractivity contribution in [3.8, 4) is 5.69 Å². The summed E-state index contributed by atoms with van der Waals surface area (Å²) in [4.78, 5) is 12.5. The van der Waals surface area contributed by atoms with Gasteiger partial charge in [0.1, 0.15) is 0 Å². The summed E-state index contributed by atoms with van der Waals surface area (Å²) in [5, 5.41) is 15.1. The van der Waals surface area contributed by atoms with Gasteiger partial charge in [-0.1, -0.05) is 45.4 Å². The highest BCUT2D eigenvalue weighted by molar-refractivity contribution is 9.10. The topological polar surface area (TPSA) is 72.7 Å². The van der Waals surface area contributed by atoms with Crippen molar-refractivity contribution >= 4 is 39.3 Å². The third kappa shape index (κ3) is 4.31. The Morgan fingerprint density at radius 2 is 1.92 bits per heavy atom. The summed E-state index contributed by atoms with van der Waals surface area (Å²) in [7, 11) is 0. The van der Waals surface area contributed by atoms with E-state index in [9.17, 15) is 4.79 Å². The summed E-state index contributed by atoms with van der Waals surface area (Å²) < 4.78 is 2.63. The van der Waals surface area contributed by atoms with Gasteiger partial charge in [-0.15, -0.1) is 5.10 Å². The van der Waals surface area contributed by atoms with E-state index in [-0.39, 0.29) is 11.2 Å². The standard InChI is InChI=1S/C18H18BrN5OS/c1-11-4-9-16(12(2)10-11)24-18(21-22-23-24)26-13(3)17(25)20-15-7-5-14(19)6-8-15/h4-10,13H,1-3H3,(H,20,25). The molecule has 0 saturated carbocycles. The highest BCUT2D eigenvalue weighted by Crippen LogP contribution is 2.25. The van der Waals surface area contributed by atoms with E-state index < -0.39 is 0 Å². The number of amides is 1. The smallest absolute Gasteiger partial charge is 0.237 e. The highest BCUT2D eigenvalue weighted by Gasteiger charge is 2.20. The molecular weight excluding hydrogens is 414 g/mol. The van der Waals surface area contributed by atoms with E-state index in [4.69, 9.17) is 0 Å². The van der Waals surface area contributed by atoms with E-state index in [1.807, 2.05) is 57.2 Å². The third-order valence-electron chi connectivity index (χ3n) is 3.78. The number of tetrazole rings is 1. The monoisotopic (exact) mass is 431 g/mol. The zero-order valence-electron chi connectivity index (χ0n) is 14.6. The molecule has 1 unspecified atom stereocenters. The van der Waals surface area contributed by atoms with Crippen LogP contribution in [0, 0.1) is 13.8 Å². The number of anilines is 1. The molecule has 1 amide bonds. The Bertz CT molecular complexity index is 926. The number of nitrogens with one attached hydrogen (secondary N) is 1. The summed E-state index contributed by atoms with van der Waals surface area (Å²) in [6.45, 7) is 5.89. The van der Waals surface area contributed by atoms with E-state index in [1.54, 1.807) is 4.68 Å². The summed E-state index contributed by atoms with van der Waals surface area (Å²) in [5.74, 6) is -0.104. The number of aromatic nitrogens is 4. The number of hydrogen-bond donors (Lipinski definition) is 1. The van der Waals surface area contributed by atoms with E-state index in [2.05, 4.69) is 42.8 Å². The second-order valence-corrected chi connectivity index (χ2v) is 8.14. The molecule has 6 nitrogen and oxygen atoms in total. The van der Waals surface area contributed by atoms with Crippen LogP contribution in [0.1, 0.15) is 18.1 Å². The average Bonchev–Trinajstić information content (AvgIpc) is 3.04. The summed E-state index contributed by atoms with van der Waals surface area (Å²) in [6, 6.07) is 13.5. The fourth-order valence-corrected chi connectivity index (χ4v) is 3.50. The van der Waals surface area contributed by atoms with Crippen LogP contribution >= 0.6 is 27.7 Å². The molecule has 26 heavy (non-hydrogen) atoms. The zero-order valence-corrected chi connectivity index (χ0v) is 17.0. The van der Waals surface area contributed by atoms with E-state index in [0.717, 1.165) is 21.4 Å². The van der Waals surface area contributed by atoms with Gasteiger partial charge < -0.3 is 5.32 Å². The molecule has 1 aromatic heterocycles. The predicted molar refractivity (Wildman–Crippen MR) is 107 cm³/mol. The van der Waals surface area contributed by atoms with Crippen LogP contribution in [-0.4, -0.2) is 31.4 Å². The van der Waals surface area contributed by atoms with Gasteiger partial charge in [-0.2, -0.15) is 4.68 Å². The molecule has 134 valence electrons. The Balaban J connectivity index is 1.74. The molecule has 8 heteroatoms. The van der Waals surface area contributed by atoms with Gasteiger partial charge in [-0.25, -0.2) is 0 Å². The minimum atomic E-state index is -0.353. The molecule has 0 fully saturated rings. The summed E-state index contributed by atoms with van der Waals surface area (Å²) in [5.41, 5.74) is 3.91. The van der Waals surface area contributed by atoms with Crippen LogP contribution in [0.25, 0.3) is 5.69 Å². The minimum absolute atomic E-state index is 0.104. The zero-order chi connectivity index (χ0) is 18.7. The number of carbonyl (C=O) groups excluding carboxylic acids is 1.